The number of carbonyl (C=O) groups excluding carboxylic acids is 2. The van der Waals surface area contributed by atoms with Crippen molar-refractivity contribution in [1.82, 2.24) is 10.6 Å². The molecule has 6 heteroatoms. The van der Waals surface area contributed by atoms with Gasteiger partial charge in [-0.1, -0.05) is 19.1 Å². The first-order chi connectivity index (χ1) is 9.10. The summed E-state index contributed by atoms with van der Waals surface area (Å²) in [5.41, 5.74) is 1.02. The normalized spacial score (nSPS) is 11.2. The third-order valence-corrected chi connectivity index (χ3v) is 2.72. The molecule has 0 heterocycles. The van der Waals surface area contributed by atoms with E-state index in [9.17, 15) is 9.59 Å². The van der Waals surface area contributed by atoms with Gasteiger partial charge in [0, 0.05) is 19.0 Å². The zero-order valence-corrected chi connectivity index (χ0v) is 12.8. The fraction of sp³-hybridized carbons (Fsp3) is 0.429. The fourth-order valence-electron chi connectivity index (χ4n) is 1.70. The molecule has 0 radical (unpaired) electrons. The summed E-state index contributed by atoms with van der Waals surface area (Å²) in [5.74, 6) is -0.446. The van der Waals surface area contributed by atoms with Crippen LogP contribution >= 0.6 is 12.4 Å². The highest BCUT2D eigenvalue weighted by molar-refractivity contribution is 6.04. The molecule has 0 bridgehead atoms. The molecule has 1 atom stereocenters. The van der Waals surface area contributed by atoms with Gasteiger partial charge in [0.15, 0.2) is 0 Å². The summed E-state index contributed by atoms with van der Waals surface area (Å²) in [6.45, 7) is 4.83. The minimum absolute atomic E-state index is 0. The van der Waals surface area contributed by atoms with Crippen molar-refractivity contribution in [3.63, 3.8) is 0 Å². The average Bonchev–Trinajstić information content (AvgIpc) is 2.39. The van der Waals surface area contributed by atoms with Gasteiger partial charge in [-0.15, -0.1) is 12.4 Å². The van der Waals surface area contributed by atoms with Gasteiger partial charge in [0.25, 0.3) is 5.91 Å². The average molecular weight is 300 g/mol. The molecule has 3 N–H and O–H groups in total. The van der Waals surface area contributed by atoms with Crippen LogP contribution in [0.2, 0.25) is 0 Å². The van der Waals surface area contributed by atoms with Crippen molar-refractivity contribution in [2.24, 2.45) is 5.92 Å². The first-order valence-corrected chi connectivity index (χ1v) is 6.42. The minimum Gasteiger partial charge on any atom is -0.352 e. The highest BCUT2D eigenvalue weighted by Crippen LogP contribution is 2.15. The molecule has 2 amide bonds. The topological polar surface area (TPSA) is 70.2 Å². The molecule has 5 nitrogen and oxygen atoms in total. The summed E-state index contributed by atoms with van der Waals surface area (Å²) in [4.78, 5) is 23.8. The minimum atomic E-state index is -0.181. The van der Waals surface area contributed by atoms with Crippen LogP contribution in [-0.4, -0.2) is 32.0 Å². The van der Waals surface area contributed by atoms with Gasteiger partial charge < -0.3 is 16.0 Å². The number of hydrogen-bond donors (Lipinski definition) is 3. The molecule has 1 aromatic carbocycles. The number of para-hydroxylation sites is 1. The molecule has 1 rings (SSSR count). The Morgan fingerprint density at radius 2 is 1.90 bits per heavy atom. The molecular weight excluding hydrogens is 278 g/mol. The first kappa shape index (κ1) is 18.4. The molecule has 112 valence electrons. The number of amides is 2. The van der Waals surface area contributed by atoms with Crippen molar-refractivity contribution in [3.05, 3.63) is 29.8 Å². The lowest BCUT2D eigenvalue weighted by atomic mass is 10.1. The maximum Gasteiger partial charge on any atom is 0.253 e. The number of anilines is 1. The van der Waals surface area contributed by atoms with Crippen molar-refractivity contribution in [1.29, 1.82) is 0 Å². The van der Waals surface area contributed by atoms with Gasteiger partial charge in [-0.25, -0.2) is 0 Å². The first-order valence-electron chi connectivity index (χ1n) is 6.42. The van der Waals surface area contributed by atoms with Gasteiger partial charge in [0.1, 0.15) is 0 Å². The number of carbonyl (C=O) groups is 2. The summed E-state index contributed by atoms with van der Waals surface area (Å²) in [6, 6.07) is 7.00. The van der Waals surface area contributed by atoms with E-state index < -0.39 is 0 Å². The second-order valence-corrected chi connectivity index (χ2v) is 4.35. The van der Waals surface area contributed by atoms with Gasteiger partial charge in [-0.3, -0.25) is 9.59 Å². The lowest BCUT2D eigenvalue weighted by Crippen LogP contribution is -2.30. The maximum atomic E-state index is 12.0. The largest absolute Gasteiger partial charge is 0.352 e. The van der Waals surface area contributed by atoms with Gasteiger partial charge in [0.2, 0.25) is 5.91 Å². The molecule has 0 aliphatic heterocycles. The van der Waals surface area contributed by atoms with Crippen LogP contribution in [0.4, 0.5) is 5.69 Å². The van der Waals surface area contributed by atoms with Gasteiger partial charge >= 0.3 is 0 Å². The van der Waals surface area contributed by atoms with E-state index in [2.05, 4.69) is 16.0 Å². The van der Waals surface area contributed by atoms with Crippen LogP contribution in [0, 0.1) is 5.92 Å². The number of hydrogen-bond acceptors (Lipinski definition) is 3. The van der Waals surface area contributed by atoms with E-state index in [1.165, 1.54) is 0 Å². The van der Waals surface area contributed by atoms with Crippen molar-refractivity contribution in [2.75, 3.05) is 25.5 Å². The maximum absolute atomic E-state index is 12.0. The van der Waals surface area contributed by atoms with Crippen molar-refractivity contribution in [2.45, 2.75) is 13.8 Å². The van der Waals surface area contributed by atoms with E-state index >= 15 is 0 Å². The van der Waals surface area contributed by atoms with Crippen molar-refractivity contribution >= 4 is 29.9 Å². The van der Waals surface area contributed by atoms with Crippen molar-refractivity contribution in [3.8, 4) is 0 Å². The van der Waals surface area contributed by atoms with Gasteiger partial charge in [-0.05, 0) is 26.1 Å². The SMILES string of the molecule is CCNC(=O)c1ccccc1NC(=O)C(C)CNC.Cl. The summed E-state index contributed by atoms with van der Waals surface area (Å²) >= 11 is 0. The number of benzene rings is 1. The fourth-order valence-corrected chi connectivity index (χ4v) is 1.70. The standard InChI is InChI=1S/C14H21N3O2.ClH/c1-4-16-14(19)11-7-5-6-8-12(11)17-13(18)10(2)9-15-3;/h5-8,10,15H,4,9H2,1-3H3,(H,16,19)(H,17,18);1H. The summed E-state index contributed by atoms with van der Waals surface area (Å²) in [7, 11) is 1.80. The third-order valence-electron chi connectivity index (χ3n) is 2.72. The van der Waals surface area contributed by atoms with E-state index in [0.29, 0.717) is 24.3 Å². The predicted molar refractivity (Wildman–Crippen MR) is 83.4 cm³/mol. The van der Waals surface area contributed by atoms with Crippen LogP contribution in [0.5, 0.6) is 0 Å². The number of nitrogens with one attached hydrogen (secondary N) is 3. The highest BCUT2D eigenvalue weighted by Gasteiger charge is 2.16. The molecule has 1 aromatic rings. The summed E-state index contributed by atoms with van der Waals surface area (Å²) in [6.07, 6.45) is 0. The molecular formula is C14H22ClN3O2. The van der Waals surface area contributed by atoms with E-state index in [0.717, 1.165) is 0 Å². The number of rotatable bonds is 6. The lowest BCUT2D eigenvalue weighted by molar-refractivity contribution is -0.119. The smallest absolute Gasteiger partial charge is 0.253 e. The Morgan fingerprint density at radius 1 is 1.25 bits per heavy atom. The molecule has 0 saturated heterocycles. The predicted octanol–water partition coefficient (Wildman–Crippen LogP) is 1.65. The Kier molecular flexibility index (Phi) is 8.59. The van der Waals surface area contributed by atoms with Crippen LogP contribution in [0.3, 0.4) is 0 Å². The van der Waals surface area contributed by atoms with Crippen LogP contribution in [0.25, 0.3) is 0 Å². The second-order valence-electron chi connectivity index (χ2n) is 4.35. The molecule has 0 spiro atoms. The zero-order valence-electron chi connectivity index (χ0n) is 12.0. The van der Waals surface area contributed by atoms with E-state index in [4.69, 9.17) is 0 Å². The molecule has 0 aromatic heterocycles. The van der Waals surface area contributed by atoms with Gasteiger partial charge in [0.05, 0.1) is 11.3 Å². The zero-order chi connectivity index (χ0) is 14.3. The Labute approximate surface area is 125 Å². The molecule has 0 fully saturated rings. The lowest BCUT2D eigenvalue weighted by Gasteiger charge is -2.14. The second kappa shape index (κ2) is 9.34. The summed E-state index contributed by atoms with van der Waals surface area (Å²) < 4.78 is 0. The highest BCUT2D eigenvalue weighted by atomic mass is 35.5. The molecule has 0 aliphatic carbocycles. The van der Waals surface area contributed by atoms with Gasteiger partial charge in [-0.2, -0.15) is 0 Å². The molecule has 0 aliphatic rings. The quantitative estimate of drug-likeness (QED) is 0.748. The van der Waals surface area contributed by atoms with E-state index in [1.807, 2.05) is 13.8 Å². The van der Waals surface area contributed by atoms with Crippen LogP contribution in [0.1, 0.15) is 24.2 Å². The van der Waals surface area contributed by atoms with Crippen LogP contribution < -0.4 is 16.0 Å². The Bertz CT molecular complexity index is 452. The Morgan fingerprint density at radius 3 is 2.50 bits per heavy atom. The van der Waals surface area contributed by atoms with Crippen LogP contribution in [-0.2, 0) is 4.79 Å². The number of halogens is 1. The molecule has 1 unspecified atom stereocenters. The van der Waals surface area contributed by atoms with E-state index in [1.54, 1.807) is 31.3 Å². The van der Waals surface area contributed by atoms with E-state index in [-0.39, 0.29) is 30.1 Å². The Hall–Kier alpha value is -1.59. The third kappa shape index (κ3) is 5.19. The van der Waals surface area contributed by atoms with Crippen molar-refractivity contribution < 1.29 is 9.59 Å². The molecule has 20 heavy (non-hydrogen) atoms. The Balaban J connectivity index is 0.00000361. The van der Waals surface area contributed by atoms with Crippen LogP contribution in [0.15, 0.2) is 24.3 Å². The summed E-state index contributed by atoms with van der Waals surface area (Å²) in [5, 5.41) is 8.47. The monoisotopic (exact) mass is 299 g/mol. The molecule has 0 saturated carbocycles.